The van der Waals surface area contributed by atoms with Gasteiger partial charge >= 0.3 is 0 Å². The van der Waals surface area contributed by atoms with Gasteiger partial charge in [-0.3, -0.25) is 10.1 Å². The van der Waals surface area contributed by atoms with Crippen LogP contribution < -0.4 is 5.32 Å². The number of aromatic amines is 1. The van der Waals surface area contributed by atoms with Gasteiger partial charge in [0, 0.05) is 47.9 Å². The number of aromatic nitrogens is 1. The first-order valence-corrected chi connectivity index (χ1v) is 9.57. The lowest BCUT2D eigenvalue weighted by atomic mass is 9.99. The second-order valence-electron chi connectivity index (χ2n) is 6.52. The summed E-state index contributed by atoms with van der Waals surface area (Å²) in [6.07, 6.45) is 5.07. The molecule has 6 nitrogen and oxygen atoms in total. The van der Waals surface area contributed by atoms with Crippen LogP contribution in [0.4, 0.5) is 11.4 Å². The Morgan fingerprint density at radius 1 is 1.29 bits per heavy atom. The fourth-order valence-electron chi connectivity index (χ4n) is 3.35. The second-order valence-corrected chi connectivity index (χ2v) is 7.32. The first-order chi connectivity index (χ1) is 13.5. The lowest BCUT2D eigenvalue weighted by Crippen LogP contribution is -2.37. The van der Waals surface area contributed by atoms with E-state index < -0.39 is 4.92 Å². The molecule has 0 amide bonds. The molecule has 2 aromatic carbocycles. The van der Waals surface area contributed by atoms with Crippen LogP contribution in [-0.2, 0) is 0 Å². The zero-order chi connectivity index (χ0) is 19.7. The molecule has 2 heterocycles. The largest absolute Gasteiger partial charge is 0.361 e. The summed E-state index contributed by atoms with van der Waals surface area (Å²) in [6, 6.07) is 12.5. The molecule has 8 heteroatoms. The maximum Gasteiger partial charge on any atom is 0.271 e. The number of nitrogens with one attached hydrogen (secondary N) is 2. The summed E-state index contributed by atoms with van der Waals surface area (Å²) >= 11 is 11.6. The second kappa shape index (κ2) is 7.61. The molecule has 2 N–H and O–H groups in total. The molecule has 0 unspecified atom stereocenters. The minimum Gasteiger partial charge on any atom is -0.361 e. The standard InChI is InChI=1S/C20H17ClN4O2S/c21-17-6-5-14(25(26)27)11-19(17)23-20(28)24-9-7-13(8-10-24)16-12-22-18-4-2-1-3-15(16)18/h1-7,11-12,22H,8-10H2,(H,23,28). The van der Waals surface area contributed by atoms with Gasteiger partial charge in [0.05, 0.1) is 15.6 Å². The minimum atomic E-state index is -0.457. The van der Waals surface area contributed by atoms with Crippen LogP contribution in [0.1, 0.15) is 12.0 Å². The minimum absolute atomic E-state index is 0.0325. The number of H-pyrrole nitrogens is 1. The third-order valence-electron chi connectivity index (χ3n) is 4.83. The van der Waals surface area contributed by atoms with E-state index in [9.17, 15) is 10.1 Å². The zero-order valence-electron chi connectivity index (χ0n) is 14.8. The summed E-state index contributed by atoms with van der Waals surface area (Å²) < 4.78 is 0. The Labute approximate surface area is 171 Å². The third kappa shape index (κ3) is 3.58. The molecule has 0 atom stereocenters. The number of non-ortho nitro benzene ring substituents is 1. The van der Waals surface area contributed by atoms with Crippen LogP contribution in [-0.4, -0.2) is 33.0 Å². The summed E-state index contributed by atoms with van der Waals surface area (Å²) in [4.78, 5) is 15.8. The van der Waals surface area contributed by atoms with Crippen molar-refractivity contribution in [1.29, 1.82) is 0 Å². The smallest absolute Gasteiger partial charge is 0.271 e. The van der Waals surface area contributed by atoms with Gasteiger partial charge in [-0.2, -0.15) is 0 Å². The molecule has 28 heavy (non-hydrogen) atoms. The highest BCUT2D eigenvalue weighted by Gasteiger charge is 2.19. The molecule has 0 saturated carbocycles. The number of rotatable bonds is 3. The van der Waals surface area contributed by atoms with Crippen molar-refractivity contribution in [2.45, 2.75) is 6.42 Å². The monoisotopic (exact) mass is 412 g/mol. The van der Waals surface area contributed by atoms with E-state index in [0.717, 1.165) is 18.5 Å². The summed E-state index contributed by atoms with van der Waals surface area (Å²) in [7, 11) is 0. The van der Waals surface area contributed by atoms with E-state index in [1.165, 1.54) is 34.7 Å². The highest BCUT2D eigenvalue weighted by Crippen LogP contribution is 2.30. The fourth-order valence-corrected chi connectivity index (χ4v) is 3.79. The van der Waals surface area contributed by atoms with Crippen LogP contribution in [0, 0.1) is 10.1 Å². The molecule has 3 aromatic rings. The van der Waals surface area contributed by atoms with Crippen molar-refractivity contribution in [2.24, 2.45) is 0 Å². The van der Waals surface area contributed by atoms with Crippen LogP contribution in [0.25, 0.3) is 16.5 Å². The molecule has 1 aliphatic rings. The van der Waals surface area contributed by atoms with Crippen molar-refractivity contribution in [1.82, 2.24) is 9.88 Å². The highest BCUT2D eigenvalue weighted by atomic mass is 35.5. The van der Waals surface area contributed by atoms with E-state index in [0.29, 0.717) is 22.4 Å². The van der Waals surface area contributed by atoms with E-state index in [1.807, 2.05) is 23.2 Å². The number of hydrogen-bond donors (Lipinski definition) is 2. The first kappa shape index (κ1) is 18.5. The number of hydrogen-bond acceptors (Lipinski definition) is 3. The van der Waals surface area contributed by atoms with Gasteiger partial charge in [0.15, 0.2) is 5.11 Å². The number of thiocarbonyl (C=S) groups is 1. The maximum atomic E-state index is 11.0. The van der Waals surface area contributed by atoms with Crippen molar-refractivity contribution in [3.05, 3.63) is 75.4 Å². The van der Waals surface area contributed by atoms with Crippen LogP contribution in [0.15, 0.2) is 54.7 Å². The van der Waals surface area contributed by atoms with E-state index in [1.54, 1.807) is 0 Å². The van der Waals surface area contributed by atoms with Crippen LogP contribution in [0.5, 0.6) is 0 Å². The summed E-state index contributed by atoms with van der Waals surface area (Å²) in [5.74, 6) is 0. The molecule has 4 rings (SSSR count). The maximum absolute atomic E-state index is 11.0. The van der Waals surface area contributed by atoms with Gasteiger partial charge in [0.2, 0.25) is 0 Å². The molecule has 0 fully saturated rings. The van der Waals surface area contributed by atoms with Gasteiger partial charge in [0.1, 0.15) is 0 Å². The Kier molecular flexibility index (Phi) is 5.02. The average Bonchev–Trinajstić information content (AvgIpc) is 3.13. The van der Waals surface area contributed by atoms with Gasteiger partial charge in [-0.15, -0.1) is 0 Å². The Morgan fingerprint density at radius 3 is 2.86 bits per heavy atom. The Hall–Kier alpha value is -2.90. The fraction of sp³-hybridized carbons (Fsp3) is 0.150. The number of anilines is 1. The van der Waals surface area contributed by atoms with Gasteiger partial charge < -0.3 is 15.2 Å². The quantitative estimate of drug-likeness (QED) is 0.350. The van der Waals surface area contributed by atoms with E-state index in [2.05, 4.69) is 28.5 Å². The predicted molar refractivity (Wildman–Crippen MR) is 117 cm³/mol. The van der Waals surface area contributed by atoms with Crippen molar-refractivity contribution >= 4 is 56.8 Å². The van der Waals surface area contributed by atoms with Crippen LogP contribution in [0.2, 0.25) is 5.02 Å². The van der Waals surface area contributed by atoms with Gasteiger partial charge in [-0.25, -0.2) is 0 Å². The number of nitro groups is 1. The molecule has 0 saturated heterocycles. The Balaban J connectivity index is 1.48. The number of halogens is 1. The molecular formula is C20H17ClN4O2S. The first-order valence-electron chi connectivity index (χ1n) is 8.78. The number of para-hydroxylation sites is 1. The molecule has 142 valence electrons. The predicted octanol–water partition coefficient (Wildman–Crippen LogP) is 5.22. The van der Waals surface area contributed by atoms with Crippen molar-refractivity contribution in [3.63, 3.8) is 0 Å². The van der Waals surface area contributed by atoms with Gasteiger partial charge in [-0.1, -0.05) is 35.9 Å². The van der Waals surface area contributed by atoms with Crippen molar-refractivity contribution < 1.29 is 4.92 Å². The topological polar surface area (TPSA) is 74.2 Å². The SMILES string of the molecule is O=[N+]([O-])c1ccc(Cl)c(NC(=S)N2CC=C(c3c[nH]c4ccccc34)CC2)c1. The van der Waals surface area contributed by atoms with E-state index >= 15 is 0 Å². The normalized spacial score (nSPS) is 14.0. The molecule has 1 aromatic heterocycles. The summed E-state index contributed by atoms with van der Waals surface area (Å²) in [5, 5.41) is 16.1. The number of nitrogens with zero attached hydrogens (tertiary/aromatic N) is 2. The summed E-state index contributed by atoms with van der Waals surface area (Å²) in [6.45, 7) is 1.41. The Bertz CT molecular complexity index is 1110. The van der Waals surface area contributed by atoms with Gasteiger partial charge in [0.25, 0.3) is 5.69 Å². The molecule has 0 radical (unpaired) electrons. The lowest BCUT2D eigenvalue weighted by Gasteiger charge is -2.29. The molecule has 0 spiro atoms. The molecular weight excluding hydrogens is 396 g/mol. The lowest BCUT2D eigenvalue weighted by molar-refractivity contribution is -0.384. The third-order valence-corrected chi connectivity index (χ3v) is 5.52. The van der Waals surface area contributed by atoms with E-state index in [-0.39, 0.29) is 5.69 Å². The van der Waals surface area contributed by atoms with Crippen molar-refractivity contribution in [2.75, 3.05) is 18.4 Å². The zero-order valence-corrected chi connectivity index (χ0v) is 16.4. The van der Waals surface area contributed by atoms with E-state index in [4.69, 9.17) is 23.8 Å². The van der Waals surface area contributed by atoms with Crippen LogP contribution >= 0.6 is 23.8 Å². The highest BCUT2D eigenvalue weighted by molar-refractivity contribution is 7.80. The number of benzene rings is 2. The average molecular weight is 413 g/mol. The van der Waals surface area contributed by atoms with Crippen molar-refractivity contribution in [3.8, 4) is 0 Å². The van der Waals surface area contributed by atoms with Gasteiger partial charge in [-0.05, 0) is 36.3 Å². The Morgan fingerprint density at radius 2 is 2.11 bits per heavy atom. The molecule has 1 aliphatic heterocycles. The van der Waals surface area contributed by atoms with Crippen LogP contribution in [0.3, 0.4) is 0 Å². The molecule has 0 aliphatic carbocycles. The number of nitro benzene ring substituents is 1. The summed E-state index contributed by atoms with van der Waals surface area (Å²) in [5.41, 5.74) is 4.03. The number of fused-ring (bicyclic) bond motifs is 1. The molecule has 0 bridgehead atoms.